The van der Waals surface area contributed by atoms with E-state index in [2.05, 4.69) is 6.92 Å². The first kappa shape index (κ1) is 21.9. The van der Waals surface area contributed by atoms with Crippen LogP contribution in [0.4, 0.5) is 0 Å². The molecule has 1 atom stereocenters. The summed E-state index contributed by atoms with van der Waals surface area (Å²) in [6, 6.07) is 0.290. The summed E-state index contributed by atoms with van der Waals surface area (Å²) in [5, 5.41) is 0. The Balaban J connectivity index is 3.57. The number of unbranched alkanes of at least 4 members (excludes halogenated alkanes) is 9. The molecule has 134 valence electrons. The fourth-order valence-corrected chi connectivity index (χ4v) is 3.46. The summed E-state index contributed by atoms with van der Waals surface area (Å²) >= 11 is 0. The van der Waals surface area contributed by atoms with Crippen LogP contribution in [0.1, 0.15) is 84.0 Å². The zero-order chi connectivity index (χ0) is 16.8. The van der Waals surface area contributed by atoms with Crippen LogP contribution < -0.4 is 4.90 Å². The van der Waals surface area contributed by atoms with E-state index in [1.165, 1.54) is 62.7 Å². The standard InChI is InChI=1S/C17H37NO3S/c1-4-5-6-7-8-9-10-11-12-13-14-17(18(2)3)15-16-22(19,20)21/h17H,4-16H2,1-3H3,(H,19,20,21). The van der Waals surface area contributed by atoms with E-state index in [0.717, 1.165) is 12.8 Å². The van der Waals surface area contributed by atoms with Crippen LogP contribution >= 0.6 is 0 Å². The number of hydrogen-bond acceptors (Lipinski definition) is 3. The predicted molar refractivity (Wildman–Crippen MR) is 92.2 cm³/mol. The largest absolute Gasteiger partial charge is 0.748 e. The van der Waals surface area contributed by atoms with Crippen molar-refractivity contribution in [2.24, 2.45) is 0 Å². The van der Waals surface area contributed by atoms with Crippen molar-refractivity contribution in [1.82, 2.24) is 0 Å². The van der Waals surface area contributed by atoms with Gasteiger partial charge in [-0.05, 0) is 12.8 Å². The number of nitrogens with one attached hydrogen (secondary N) is 1. The van der Waals surface area contributed by atoms with Gasteiger partial charge in [-0.3, -0.25) is 0 Å². The maximum Gasteiger partial charge on any atom is 0.0948 e. The Hall–Kier alpha value is -0.130. The highest BCUT2D eigenvalue weighted by Gasteiger charge is 2.15. The van der Waals surface area contributed by atoms with Crippen LogP contribution in [0, 0.1) is 0 Å². The molecule has 5 heteroatoms. The van der Waals surface area contributed by atoms with Crippen LogP contribution in [0.15, 0.2) is 0 Å². The van der Waals surface area contributed by atoms with Gasteiger partial charge in [0.1, 0.15) is 0 Å². The first-order chi connectivity index (χ1) is 10.4. The first-order valence-electron chi connectivity index (χ1n) is 9.10. The molecule has 0 aromatic carbocycles. The van der Waals surface area contributed by atoms with Gasteiger partial charge in [0.2, 0.25) is 0 Å². The molecule has 0 heterocycles. The molecule has 0 bridgehead atoms. The van der Waals surface area contributed by atoms with Crippen LogP contribution in [0.25, 0.3) is 0 Å². The molecule has 0 rings (SSSR count). The highest BCUT2D eigenvalue weighted by Crippen LogP contribution is 2.12. The van der Waals surface area contributed by atoms with Gasteiger partial charge in [0.05, 0.1) is 30.3 Å². The summed E-state index contributed by atoms with van der Waals surface area (Å²) in [4.78, 5) is 1.25. The SMILES string of the molecule is CCCCCCCCCCCCC(CCS(=O)(=O)[O-])[NH+](C)C. The quantitative estimate of drug-likeness (QED) is 0.370. The molecule has 22 heavy (non-hydrogen) atoms. The number of quaternary nitrogens is 1. The zero-order valence-corrected chi connectivity index (χ0v) is 15.7. The molecule has 0 aliphatic heterocycles. The highest BCUT2D eigenvalue weighted by atomic mass is 32.2. The first-order valence-corrected chi connectivity index (χ1v) is 10.7. The molecule has 0 aliphatic rings. The Morgan fingerprint density at radius 2 is 1.27 bits per heavy atom. The summed E-state index contributed by atoms with van der Waals surface area (Å²) in [5.74, 6) is -0.222. The van der Waals surface area contributed by atoms with Gasteiger partial charge in [-0.2, -0.15) is 0 Å². The van der Waals surface area contributed by atoms with Crippen molar-refractivity contribution in [3.63, 3.8) is 0 Å². The van der Waals surface area contributed by atoms with E-state index in [-0.39, 0.29) is 11.8 Å². The Morgan fingerprint density at radius 3 is 1.68 bits per heavy atom. The average Bonchev–Trinajstić information content (AvgIpc) is 2.42. The molecular weight excluding hydrogens is 298 g/mol. The minimum absolute atomic E-state index is 0.222. The fourth-order valence-electron chi connectivity index (χ4n) is 2.89. The molecule has 4 nitrogen and oxygen atoms in total. The van der Waals surface area contributed by atoms with E-state index < -0.39 is 10.1 Å². The van der Waals surface area contributed by atoms with Gasteiger partial charge in [0.15, 0.2) is 0 Å². The van der Waals surface area contributed by atoms with E-state index >= 15 is 0 Å². The molecular formula is C17H37NO3S. The van der Waals surface area contributed by atoms with Crippen LogP contribution in [-0.4, -0.2) is 38.9 Å². The molecule has 0 saturated carbocycles. The maximum absolute atomic E-state index is 10.7. The summed E-state index contributed by atoms with van der Waals surface area (Å²) < 4.78 is 32.2. The topological polar surface area (TPSA) is 61.6 Å². The van der Waals surface area contributed by atoms with Crippen LogP contribution in [0.2, 0.25) is 0 Å². The Labute approximate surface area is 138 Å². The fraction of sp³-hybridized carbons (Fsp3) is 1.00. The molecule has 0 radical (unpaired) electrons. The van der Waals surface area contributed by atoms with Gasteiger partial charge in [0.25, 0.3) is 0 Å². The normalized spacial score (nSPS) is 13.7. The Kier molecular flexibility index (Phi) is 13.2. The minimum atomic E-state index is -4.07. The maximum atomic E-state index is 10.7. The second-order valence-electron chi connectivity index (χ2n) is 6.80. The predicted octanol–water partition coefficient (Wildman–Crippen LogP) is 2.75. The van der Waals surface area contributed by atoms with Crippen molar-refractivity contribution in [2.45, 2.75) is 90.0 Å². The molecule has 0 aromatic heterocycles. The van der Waals surface area contributed by atoms with Crippen LogP contribution in [0.3, 0.4) is 0 Å². The van der Waals surface area contributed by atoms with Gasteiger partial charge < -0.3 is 9.45 Å². The molecule has 1 N–H and O–H groups in total. The number of rotatable bonds is 15. The van der Waals surface area contributed by atoms with Crippen LogP contribution in [-0.2, 0) is 10.1 Å². The van der Waals surface area contributed by atoms with Crippen molar-refractivity contribution in [2.75, 3.05) is 19.8 Å². The monoisotopic (exact) mass is 335 g/mol. The van der Waals surface area contributed by atoms with Gasteiger partial charge in [-0.1, -0.05) is 64.7 Å². The lowest BCUT2D eigenvalue weighted by molar-refractivity contribution is -0.886. The highest BCUT2D eigenvalue weighted by molar-refractivity contribution is 7.85. The molecule has 1 unspecified atom stereocenters. The summed E-state index contributed by atoms with van der Waals surface area (Å²) in [5.41, 5.74) is 0. The third-order valence-corrected chi connectivity index (χ3v) is 5.17. The smallest absolute Gasteiger partial charge is 0.0948 e. The van der Waals surface area contributed by atoms with E-state index in [1.54, 1.807) is 0 Å². The number of hydrogen-bond donors (Lipinski definition) is 1. The Bertz CT molecular complexity index is 342. The lowest BCUT2D eigenvalue weighted by Crippen LogP contribution is -3.10. The van der Waals surface area contributed by atoms with Crippen LogP contribution in [0.5, 0.6) is 0 Å². The van der Waals surface area contributed by atoms with E-state index in [4.69, 9.17) is 0 Å². The van der Waals surface area contributed by atoms with E-state index in [9.17, 15) is 13.0 Å². The minimum Gasteiger partial charge on any atom is -0.748 e. The lowest BCUT2D eigenvalue weighted by Gasteiger charge is -2.22. The lowest BCUT2D eigenvalue weighted by atomic mass is 10.0. The second kappa shape index (κ2) is 13.3. The van der Waals surface area contributed by atoms with Crippen molar-refractivity contribution in [3.8, 4) is 0 Å². The van der Waals surface area contributed by atoms with Gasteiger partial charge in [-0.25, -0.2) is 8.42 Å². The Morgan fingerprint density at radius 1 is 0.818 bits per heavy atom. The van der Waals surface area contributed by atoms with E-state index in [1.807, 2.05) is 14.1 Å². The second-order valence-corrected chi connectivity index (χ2v) is 8.32. The molecule has 0 fully saturated rings. The van der Waals surface area contributed by atoms with Crippen molar-refractivity contribution in [3.05, 3.63) is 0 Å². The molecule has 0 saturated heterocycles. The molecule has 0 spiro atoms. The summed E-state index contributed by atoms with van der Waals surface area (Å²) in [6.45, 7) is 2.25. The average molecular weight is 336 g/mol. The van der Waals surface area contributed by atoms with Gasteiger partial charge >= 0.3 is 0 Å². The molecule has 0 aromatic rings. The van der Waals surface area contributed by atoms with Crippen molar-refractivity contribution >= 4 is 10.1 Å². The summed E-state index contributed by atoms with van der Waals surface area (Å²) in [6.07, 6.45) is 14.6. The zero-order valence-electron chi connectivity index (χ0n) is 14.9. The van der Waals surface area contributed by atoms with Crippen molar-refractivity contribution in [1.29, 1.82) is 0 Å². The summed E-state index contributed by atoms with van der Waals surface area (Å²) in [7, 11) is 0.0117. The third kappa shape index (κ3) is 14.8. The molecule has 0 aliphatic carbocycles. The third-order valence-electron chi connectivity index (χ3n) is 4.44. The van der Waals surface area contributed by atoms with E-state index in [0.29, 0.717) is 6.42 Å². The van der Waals surface area contributed by atoms with Gasteiger partial charge in [-0.15, -0.1) is 0 Å². The molecule has 0 amide bonds. The van der Waals surface area contributed by atoms with Gasteiger partial charge in [0, 0.05) is 12.2 Å². The van der Waals surface area contributed by atoms with Crippen molar-refractivity contribution < 1.29 is 17.9 Å².